The lowest BCUT2D eigenvalue weighted by Gasteiger charge is -2.27. The van der Waals surface area contributed by atoms with Gasteiger partial charge in [0.1, 0.15) is 0 Å². The topological polar surface area (TPSA) is 24.1 Å². The summed E-state index contributed by atoms with van der Waals surface area (Å²) in [5, 5.41) is 6.90. The molecule has 0 aromatic rings. The van der Waals surface area contributed by atoms with Gasteiger partial charge in [0.25, 0.3) is 0 Å². The Balaban J connectivity index is 2.13. The van der Waals surface area contributed by atoms with Crippen molar-refractivity contribution in [2.45, 2.75) is 38.8 Å². The summed E-state index contributed by atoms with van der Waals surface area (Å²) in [6, 6.07) is 1.45. The number of hydrogen-bond acceptors (Lipinski definition) is 2. The van der Waals surface area contributed by atoms with Crippen molar-refractivity contribution in [2.75, 3.05) is 13.1 Å². The predicted octanol–water partition coefficient (Wildman–Crippen LogP) is 0.736. The van der Waals surface area contributed by atoms with Crippen LogP contribution in [0.1, 0.15) is 26.7 Å². The highest BCUT2D eigenvalue weighted by Gasteiger charge is 2.15. The molecule has 1 aliphatic heterocycles. The van der Waals surface area contributed by atoms with Gasteiger partial charge in [-0.15, -0.1) is 0 Å². The molecule has 2 nitrogen and oxygen atoms in total. The fourth-order valence-corrected chi connectivity index (χ4v) is 1.46. The van der Waals surface area contributed by atoms with Gasteiger partial charge in [-0.2, -0.15) is 0 Å². The highest BCUT2D eigenvalue weighted by molar-refractivity contribution is 4.78. The van der Waals surface area contributed by atoms with E-state index in [9.17, 15) is 0 Å². The van der Waals surface area contributed by atoms with E-state index in [1.54, 1.807) is 0 Å². The molecule has 0 aromatic heterocycles. The van der Waals surface area contributed by atoms with Crippen LogP contribution >= 0.6 is 0 Å². The van der Waals surface area contributed by atoms with E-state index in [4.69, 9.17) is 0 Å². The maximum Gasteiger partial charge on any atom is 0.0193 e. The fourth-order valence-electron chi connectivity index (χ4n) is 1.46. The van der Waals surface area contributed by atoms with Crippen molar-refractivity contribution in [1.29, 1.82) is 0 Å². The van der Waals surface area contributed by atoms with E-state index >= 15 is 0 Å². The van der Waals surface area contributed by atoms with Crippen molar-refractivity contribution in [3.63, 3.8) is 0 Å². The summed E-state index contributed by atoms with van der Waals surface area (Å²) >= 11 is 0. The van der Waals surface area contributed by atoms with Gasteiger partial charge in [-0.25, -0.2) is 0 Å². The average molecular weight is 142 g/mol. The molecule has 0 radical (unpaired) electrons. The van der Waals surface area contributed by atoms with Crippen LogP contribution in [0.2, 0.25) is 0 Å². The van der Waals surface area contributed by atoms with Crippen molar-refractivity contribution in [1.82, 2.24) is 10.6 Å². The molecule has 1 rings (SSSR count). The zero-order valence-electron chi connectivity index (χ0n) is 6.98. The fraction of sp³-hybridized carbons (Fsp3) is 1.00. The highest BCUT2D eigenvalue weighted by Crippen LogP contribution is 2.06. The standard InChI is InChI=1S/C8H18N2/c1-3-9-8-5-4-7(2)10-6-8/h7-10H,3-6H2,1-2H3. The molecule has 60 valence electrons. The lowest BCUT2D eigenvalue weighted by atomic mass is 10.0. The molecule has 2 unspecified atom stereocenters. The molecule has 0 aromatic carbocycles. The molecule has 10 heavy (non-hydrogen) atoms. The van der Waals surface area contributed by atoms with E-state index in [1.807, 2.05) is 0 Å². The Kier molecular flexibility index (Phi) is 3.16. The number of likely N-dealkylation sites (N-methyl/N-ethyl adjacent to an activating group) is 1. The minimum atomic E-state index is 0.723. The van der Waals surface area contributed by atoms with Crippen LogP contribution in [0.25, 0.3) is 0 Å². The minimum Gasteiger partial charge on any atom is -0.313 e. The van der Waals surface area contributed by atoms with E-state index in [0.717, 1.165) is 25.2 Å². The summed E-state index contributed by atoms with van der Waals surface area (Å²) < 4.78 is 0. The SMILES string of the molecule is CCNC1CCC(C)NC1. The summed E-state index contributed by atoms with van der Waals surface area (Å²) in [5.74, 6) is 0. The minimum absolute atomic E-state index is 0.723. The van der Waals surface area contributed by atoms with Gasteiger partial charge in [0, 0.05) is 18.6 Å². The molecule has 2 heteroatoms. The van der Waals surface area contributed by atoms with Gasteiger partial charge in [0.2, 0.25) is 0 Å². The van der Waals surface area contributed by atoms with Crippen LogP contribution in [0.5, 0.6) is 0 Å². The maximum atomic E-state index is 3.45. The Hall–Kier alpha value is -0.0800. The Bertz CT molecular complexity index is 85.3. The largest absolute Gasteiger partial charge is 0.313 e. The summed E-state index contributed by atoms with van der Waals surface area (Å²) in [7, 11) is 0. The first-order chi connectivity index (χ1) is 4.83. The van der Waals surface area contributed by atoms with Gasteiger partial charge in [0.05, 0.1) is 0 Å². The molecule has 0 bridgehead atoms. The van der Waals surface area contributed by atoms with Gasteiger partial charge < -0.3 is 10.6 Å². The molecule has 0 amide bonds. The third kappa shape index (κ3) is 2.27. The summed E-state index contributed by atoms with van der Waals surface area (Å²) in [5.41, 5.74) is 0. The summed E-state index contributed by atoms with van der Waals surface area (Å²) in [6.07, 6.45) is 2.65. The third-order valence-electron chi connectivity index (χ3n) is 2.15. The third-order valence-corrected chi connectivity index (χ3v) is 2.15. The van der Waals surface area contributed by atoms with Crippen LogP contribution in [0.3, 0.4) is 0 Å². The summed E-state index contributed by atoms with van der Waals surface area (Å²) in [6.45, 7) is 6.66. The lowest BCUT2D eigenvalue weighted by Crippen LogP contribution is -2.46. The number of rotatable bonds is 2. The van der Waals surface area contributed by atoms with Crippen LogP contribution in [-0.4, -0.2) is 25.2 Å². The van der Waals surface area contributed by atoms with Crippen molar-refractivity contribution in [2.24, 2.45) is 0 Å². The smallest absolute Gasteiger partial charge is 0.0193 e. The van der Waals surface area contributed by atoms with E-state index in [2.05, 4.69) is 24.5 Å². The Labute approximate surface area is 63.4 Å². The van der Waals surface area contributed by atoms with Crippen LogP contribution in [0, 0.1) is 0 Å². The molecule has 2 atom stereocenters. The van der Waals surface area contributed by atoms with E-state index < -0.39 is 0 Å². The van der Waals surface area contributed by atoms with Gasteiger partial charge in [-0.05, 0) is 26.3 Å². The second kappa shape index (κ2) is 3.94. The van der Waals surface area contributed by atoms with Crippen LogP contribution < -0.4 is 10.6 Å². The molecule has 1 fully saturated rings. The molecule has 0 saturated carbocycles. The Morgan fingerprint density at radius 2 is 2.30 bits per heavy atom. The molecule has 1 heterocycles. The second-order valence-electron chi connectivity index (χ2n) is 3.14. The van der Waals surface area contributed by atoms with Crippen LogP contribution in [0.15, 0.2) is 0 Å². The number of nitrogens with one attached hydrogen (secondary N) is 2. The van der Waals surface area contributed by atoms with Crippen molar-refractivity contribution in [3.05, 3.63) is 0 Å². The number of hydrogen-bond donors (Lipinski definition) is 2. The van der Waals surface area contributed by atoms with Crippen LogP contribution in [0.4, 0.5) is 0 Å². The highest BCUT2D eigenvalue weighted by atomic mass is 15.0. The first-order valence-corrected chi connectivity index (χ1v) is 4.29. The maximum absolute atomic E-state index is 3.45. The monoisotopic (exact) mass is 142 g/mol. The quantitative estimate of drug-likeness (QED) is 0.594. The molecular weight excluding hydrogens is 124 g/mol. The Morgan fingerprint density at radius 1 is 1.50 bits per heavy atom. The molecule has 0 spiro atoms. The summed E-state index contributed by atoms with van der Waals surface area (Å²) in [4.78, 5) is 0. The normalized spacial score (nSPS) is 34.2. The van der Waals surface area contributed by atoms with Gasteiger partial charge in [0.15, 0.2) is 0 Å². The van der Waals surface area contributed by atoms with E-state index in [0.29, 0.717) is 0 Å². The van der Waals surface area contributed by atoms with Crippen molar-refractivity contribution < 1.29 is 0 Å². The van der Waals surface area contributed by atoms with E-state index in [-0.39, 0.29) is 0 Å². The molecule has 1 saturated heterocycles. The van der Waals surface area contributed by atoms with E-state index in [1.165, 1.54) is 12.8 Å². The first-order valence-electron chi connectivity index (χ1n) is 4.29. The van der Waals surface area contributed by atoms with Gasteiger partial charge >= 0.3 is 0 Å². The average Bonchev–Trinajstić information content (AvgIpc) is 1.95. The molecule has 0 aliphatic carbocycles. The molecule has 2 N–H and O–H groups in total. The second-order valence-corrected chi connectivity index (χ2v) is 3.14. The van der Waals surface area contributed by atoms with Gasteiger partial charge in [-0.3, -0.25) is 0 Å². The van der Waals surface area contributed by atoms with Crippen molar-refractivity contribution >= 4 is 0 Å². The van der Waals surface area contributed by atoms with Crippen molar-refractivity contribution in [3.8, 4) is 0 Å². The lowest BCUT2D eigenvalue weighted by molar-refractivity contribution is 0.343. The van der Waals surface area contributed by atoms with Gasteiger partial charge in [-0.1, -0.05) is 6.92 Å². The molecular formula is C8H18N2. The zero-order valence-corrected chi connectivity index (χ0v) is 6.98. The predicted molar refractivity (Wildman–Crippen MR) is 44.2 cm³/mol. The number of piperidine rings is 1. The van der Waals surface area contributed by atoms with Crippen LogP contribution in [-0.2, 0) is 0 Å². The first kappa shape index (κ1) is 8.02. The zero-order chi connectivity index (χ0) is 7.40. The molecule has 1 aliphatic rings. The Morgan fingerprint density at radius 3 is 2.80 bits per heavy atom.